The monoisotopic (exact) mass is 378 g/mol. The first-order valence-electron chi connectivity index (χ1n) is 8.93. The number of carbonyl (C=O) groups excluding carboxylic acids is 1. The highest BCUT2D eigenvalue weighted by molar-refractivity contribution is 7.09. The van der Waals surface area contributed by atoms with Crippen molar-refractivity contribution in [1.29, 1.82) is 0 Å². The summed E-state index contributed by atoms with van der Waals surface area (Å²) in [5, 5.41) is 20.1. The van der Waals surface area contributed by atoms with Crippen molar-refractivity contribution in [2.24, 2.45) is 0 Å². The van der Waals surface area contributed by atoms with Crippen molar-refractivity contribution in [1.82, 2.24) is 20.4 Å². The molecule has 2 aromatic rings. The fraction of sp³-hybridized carbons (Fsp3) is 0.611. The molecule has 1 aliphatic rings. The number of aliphatic hydroxyl groups excluding tert-OH is 1. The lowest BCUT2D eigenvalue weighted by Crippen LogP contribution is -2.53. The summed E-state index contributed by atoms with van der Waals surface area (Å²) in [6.07, 6.45) is 0.0775. The molecule has 0 aliphatic carbocycles. The molecule has 1 saturated heterocycles. The maximum atomic E-state index is 12.4. The van der Waals surface area contributed by atoms with E-state index in [1.54, 1.807) is 5.38 Å². The third kappa shape index (κ3) is 4.13. The Morgan fingerprint density at radius 2 is 2.27 bits per heavy atom. The van der Waals surface area contributed by atoms with Gasteiger partial charge in [0.05, 0.1) is 22.8 Å². The van der Waals surface area contributed by atoms with E-state index in [0.717, 1.165) is 28.6 Å². The average Bonchev–Trinajstić information content (AvgIpc) is 3.20. The van der Waals surface area contributed by atoms with Gasteiger partial charge in [-0.2, -0.15) is 0 Å². The van der Waals surface area contributed by atoms with Gasteiger partial charge in [-0.05, 0) is 20.3 Å². The Balaban J connectivity index is 1.56. The Bertz CT molecular complexity index is 751. The number of thiazole rings is 1. The van der Waals surface area contributed by atoms with Gasteiger partial charge in [0, 0.05) is 36.5 Å². The molecule has 0 bridgehead atoms. The minimum absolute atomic E-state index is 0.212. The third-order valence-corrected chi connectivity index (χ3v) is 5.94. The Morgan fingerprint density at radius 3 is 2.85 bits per heavy atom. The van der Waals surface area contributed by atoms with Crippen molar-refractivity contribution >= 4 is 17.2 Å². The summed E-state index contributed by atoms with van der Waals surface area (Å²) in [7, 11) is 0. The van der Waals surface area contributed by atoms with Crippen LogP contribution in [0.25, 0.3) is 0 Å². The van der Waals surface area contributed by atoms with Gasteiger partial charge in [0.15, 0.2) is 0 Å². The summed E-state index contributed by atoms with van der Waals surface area (Å²) in [5.74, 6) is 0.910. The van der Waals surface area contributed by atoms with E-state index in [1.165, 1.54) is 11.3 Å². The molecule has 0 radical (unpaired) electrons. The van der Waals surface area contributed by atoms with Gasteiger partial charge in [-0.15, -0.1) is 11.3 Å². The van der Waals surface area contributed by atoms with Gasteiger partial charge in [0.2, 0.25) is 0 Å². The van der Waals surface area contributed by atoms with Gasteiger partial charge in [-0.3, -0.25) is 9.69 Å². The molecule has 0 aromatic carbocycles. The predicted octanol–water partition coefficient (Wildman–Crippen LogP) is 2.24. The number of β-amino-alcohol motifs (C(OH)–C–C–N with tert-alkyl or cyclic N) is 1. The number of aryl methyl sites for hydroxylation is 2. The number of nitrogens with zero attached hydrogens (tertiary/aromatic N) is 3. The van der Waals surface area contributed by atoms with E-state index >= 15 is 0 Å². The van der Waals surface area contributed by atoms with Crippen molar-refractivity contribution in [3.05, 3.63) is 33.1 Å². The summed E-state index contributed by atoms with van der Waals surface area (Å²) in [6.45, 7) is 9.93. The molecule has 3 rings (SSSR count). The van der Waals surface area contributed by atoms with Crippen LogP contribution in [0.2, 0.25) is 0 Å². The number of rotatable bonds is 5. The van der Waals surface area contributed by atoms with E-state index in [0.29, 0.717) is 31.1 Å². The van der Waals surface area contributed by atoms with E-state index in [9.17, 15) is 9.90 Å². The molecule has 3 heterocycles. The van der Waals surface area contributed by atoms with Gasteiger partial charge in [-0.1, -0.05) is 19.0 Å². The molecule has 0 unspecified atom stereocenters. The number of aromatic nitrogens is 2. The van der Waals surface area contributed by atoms with Crippen molar-refractivity contribution in [2.45, 2.75) is 58.7 Å². The summed E-state index contributed by atoms with van der Waals surface area (Å²) in [4.78, 5) is 19.0. The van der Waals surface area contributed by atoms with E-state index < -0.39 is 6.10 Å². The first-order valence-corrected chi connectivity index (χ1v) is 9.81. The van der Waals surface area contributed by atoms with Crippen LogP contribution in [-0.2, 0) is 6.54 Å². The topological polar surface area (TPSA) is 91.5 Å². The number of likely N-dealkylation sites (tertiary alicyclic amines) is 1. The van der Waals surface area contributed by atoms with E-state index in [1.807, 2.05) is 13.8 Å². The molecule has 142 valence electrons. The number of nitrogens with one attached hydrogen (secondary N) is 1. The smallest absolute Gasteiger partial charge is 0.271 e. The minimum atomic E-state index is -0.614. The van der Waals surface area contributed by atoms with Crippen LogP contribution in [-0.4, -0.2) is 51.3 Å². The summed E-state index contributed by atoms with van der Waals surface area (Å²) in [6, 6.07) is -0.257. The fourth-order valence-corrected chi connectivity index (χ4v) is 3.98. The second-order valence-corrected chi connectivity index (χ2v) is 8.09. The number of piperidine rings is 1. The highest BCUT2D eigenvalue weighted by Gasteiger charge is 2.30. The van der Waals surface area contributed by atoms with E-state index in [-0.39, 0.29) is 11.9 Å². The molecule has 2 aromatic heterocycles. The lowest BCUT2D eigenvalue weighted by atomic mass is 10.0. The van der Waals surface area contributed by atoms with Crippen LogP contribution in [0, 0.1) is 13.8 Å². The van der Waals surface area contributed by atoms with Crippen LogP contribution >= 0.6 is 11.3 Å². The lowest BCUT2D eigenvalue weighted by Gasteiger charge is -2.36. The SMILES string of the molecule is Cc1noc(C)c1CN1CC[C@@H](NC(=O)c2csc(C(C)C)n2)[C@H](O)C1. The maximum absolute atomic E-state index is 12.4. The molecule has 2 N–H and O–H groups in total. The number of hydrogen-bond acceptors (Lipinski definition) is 7. The molecule has 1 fully saturated rings. The van der Waals surface area contributed by atoms with Crippen LogP contribution in [0.15, 0.2) is 9.90 Å². The highest BCUT2D eigenvalue weighted by atomic mass is 32.1. The summed E-state index contributed by atoms with van der Waals surface area (Å²) >= 11 is 1.50. The first kappa shape index (κ1) is 19.0. The molecular weight excluding hydrogens is 352 g/mol. The van der Waals surface area contributed by atoms with E-state index in [4.69, 9.17) is 4.52 Å². The van der Waals surface area contributed by atoms with Gasteiger partial charge in [0.1, 0.15) is 11.5 Å². The van der Waals surface area contributed by atoms with Crippen molar-refractivity contribution in [2.75, 3.05) is 13.1 Å². The first-order chi connectivity index (χ1) is 12.3. The van der Waals surface area contributed by atoms with Crippen molar-refractivity contribution in [3.8, 4) is 0 Å². The number of aliphatic hydroxyl groups is 1. The summed E-state index contributed by atoms with van der Waals surface area (Å²) in [5.41, 5.74) is 2.39. The summed E-state index contributed by atoms with van der Waals surface area (Å²) < 4.78 is 5.20. The van der Waals surface area contributed by atoms with Crippen molar-refractivity contribution < 1.29 is 14.4 Å². The second-order valence-electron chi connectivity index (χ2n) is 7.20. The average molecular weight is 378 g/mol. The molecular formula is C18H26N4O3S. The lowest BCUT2D eigenvalue weighted by molar-refractivity contribution is 0.0346. The predicted molar refractivity (Wildman–Crippen MR) is 99.3 cm³/mol. The second kappa shape index (κ2) is 7.85. The van der Waals surface area contributed by atoms with Gasteiger partial charge in [0.25, 0.3) is 5.91 Å². The minimum Gasteiger partial charge on any atom is -0.390 e. The number of amides is 1. The normalized spacial score (nSPS) is 21.3. The largest absolute Gasteiger partial charge is 0.390 e. The van der Waals surface area contributed by atoms with Crippen LogP contribution < -0.4 is 5.32 Å². The highest BCUT2D eigenvalue weighted by Crippen LogP contribution is 2.21. The molecule has 0 saturated carbocycles. The quantitative estimate of drug-likeness (QED) is 0.829. The molecule has 7 nitrogen and oxygen atoms in total. The standard InChI is InChI=1S/C18H26N4O3S/c1-10(2)18-20-15(9-26-18)17(24)19-14-5-6-22(8-16(14)23)7-13-11(3)21-25-12(13)4/h9-10,14,16,23H,5-8H2,1-4H3,(H,19,24)/t14-,16-/m1/s1. The molecule has 8 heteroatoms. The molecule has 1 amide bonds. The zero-order valence-corrected chi connectivity index (χ0v) is 16.5. The zero-order chi connectivity index (χ0) is 18.8. The van der Waals surface area contributed by atoms with Crippen LogP contribution in [0.1, 0.15) is 58.7 Å². The van der Waals surface area contributed by atoms with Crippen LogP contribution in [0.5, 0.6) is 0 Å². The Labute approximate surface area is 157 Å². The van der Waals surface area contributed by atoms with E-state index in [2.05, 4.69) is 34.2 Å². The van der Waals surface area contributed by atoms with Crippen molar-refractivity contribution in [3.63, 3.8) is 0 Å². The Hall–Kier alpha value is -1.77. The fourth-order valence-electron chi connectivity index (χ4n) is 3.16. The third-order valence-electron chi connectivity index (χ3n) is 4.79. The Morgan fingerprint density at radius 1 is 1.50 bits per heavy atom. The molecule has 0 spiro atoms. The maximum Gasteiger partial charge on any atom is 0.271 e. The molecule has 1 aliphatic heterocycles. The molecule has 2 atom stereocenters. The van der Waals surface area contributed by atoms with Crippen LogP contribution in [0.4, 0.5) is 0 Å². The number of hydrogen-bond donors (Lipinski definition) is 2. The molecule has 26 heavy (non-hydrogen) atoms. The van der Waals surface area contributed by atoms with Gasteiger partial charge >= 0.3 is 0 Å². The van der Waals surface area contributed by atoms with Gasteiger partial charge < -0.3 is 14.9 Å². The Kier molecular flexibility index (Phi) is 5.74. The zero-order valence-electron chi connectivity index (χ0n) is 15.7. The number of carbonyl (C=O) groups is 1. The van der Waals surface area contributed by atoms with Gasteiger partial charge in [-0.25, -0.2) is 4.98 Å². The van der Waals surface area contributed by atoms with Crippen LogP contribution in [0.3, 0.4) is 0 Å².